The molecule has 0 fully saturated rings. The Bertz CT molecular complexity index is 1610. The summed E-state index contributed by atoms with van der Waals surface area (Å²) in [6.45, 7) is 4.27. The molecule has 36 heavy (non-hydrogen) atoms. The van der Waals surface area contributed by atoms with Crippen LogP contribution in [0.2, 0.25) is 0 Å². The summed E-state index contributed by atoms with van der Waals surface area (Å²) in [4.78, 5) is 22.4. The van der Waals surface area contributed by atoms with Crippen LogP contribution in [0.1, 0.15) is 29.9 Å². The van der Waals surface area contributed by atoms with Gasteiger partial charge in [-0.25, -0.2) is 22.8 Å². The molecule has 0 bridgehead atoms. The number of nitrogens with zero attached hydrogens (tertiary/aromatic N) is 4. The highest BCUT2D eigenvalue weighted by atomic mass is 32.2. The van der Waals surface area contributed by atoms with E-state index in [-0.39, 0.29) is 16.3 Å². The normalized spacial score (nSPS) is 14.8. The van der Waals surface area contributed by atoms with Crippen molar-refractivity contribution in [2.45, 2.75) is 18.7 Å². The summed E-state index contributed by atoms with van der Waals surface area (Å²) in [6.07, 6.45) is 3.46. The molecular formula is C25H23N5O5S. The van der Waals surface area contributed by atoms with Crippen LogP contribution in [0.3, 0.4) is 0 Å². The van der Waals surface area contributed by atoms with Crippen LogP contribution in [-0.2, 0) is 14.9 Å². The van der Waals surface area contributed by atoms with Crippen LogP contribution >= 0.6 is 0 Å². The lowest BCUT2D eigenvalue weighted by Gasteiger charge is -2.18. The number of oxime groups is 1. The second kappa shape index (κ2) is 8.76. The monoisotopic (exact) mass is 505 g/mol. The van der Waals surface area contributed by atoms with E-state index < -0.39 is 21.3 Å². The van der Waals surface area contributed by atoms with E-state index in [9.17, 15) is 13.2 Å². The molecule has 0 radical (unpaired) electrons. The van der Waals surface area contributed by atoms with Gasteiger partial charge in [0.25, 0.3) is 15.9 Å². The smallest absolute Gasteiger partial charge is 0.283 e. The molecule has 10 nitrogen and oxygen atoms in total. The lowest BCUT2D eigenvalue weighted by molar-refractivity contribution is 0.0977. The molecule has 5 rings (SSSR count). The third kappa shape index (κ3) is 4.17. The summed E-state index contributed by atoms with van der Waals surface area (Å²) in [5.74, 6) is -0.776. The molecule has 0 saturated heterocycles. The number of carbonyl (C=O) groups is 1. The van der Waals surface area contributed by atoms with Gasteiger partial charge in [-0.3, -0.25) is 4.79 Å². The summed E-state index contributed by atoms with van der Waals surface area (Å²) in [6, 6.07) is 15.0. The van der Waals surface area contributed by atoms with Gasteiger partial charge in [-0.2, -0.15) is 5.10 Å². The van der Waals surface area contributed by atoms with Gasteiger partial charge in [0.1, 0.15) is 22.9 Å². The SMILES string of the molecule is COc1ccc(C2=NOCC2(C)C)cc1S(=O)(=O)NC(=O)c1ccc2c(-n3cccn3)cccc2n1. The maximum atomic E-state index is 13.3. The third-order valence-electron chi connectivity index (χ3n) is 5.87. The average molecular weight is 506 g/mol. The van der Waals surface area contributed by atoms with Gasteiger partial charge in [0, 0.05) is 28.8 Å². The summed E-state index contributed by atoms with van der Waals surface area (Å²) in [7, 11) is -2.95. The number of hydrogen-bond donors (Lipinski definition) is 1. The summed E-state index contributed by atoms with van der Waals surface area (Å²) < 4.78 is 35.6. The number of pyridine rings is 1. The molecule has 11 heteroatoms. The van der Waals surface area contributed by atoms with Crippen LogP contribution < -0.4 is 9.46 Å². The fourth-order valence-corrected chi connectivity index (χ4v) is 5.19. The van der Waals surface area contributed by atoms with Gasteiger partial charge in [0.2, 0.25) is 0 Å². The van der Waals surface area contributed by atoms with Crippen molar-refractivity contribution in [3.63, 3.8) is 0 Å². The molecule has 0 atom stereocenters. The Balaban J connectivity index is 1.47. The summed E-state index contributed by atoms with van der Waals surface area (Å²) in [5, 5.41) is 9.08. The van der Waals surface area contributed by atoms with Gasteiger partial charge in [0.15, 0.2) is 0 Å². The Hall–Kier alpha value is -4.25. The molecule has 184 valence electrons. The third-order valence-corrected chi connectivity index (χ3v) is 7.22. The predicted molar refractivity (Wildman–Crippen MR) is 133 cm³/mol. The highest BCUT2D eigenvalue weighted by Crippen LogP contribution is 2.32. The standard InChI is InChI=1S/C25H23N5O5S/c1-25(2)15-35-28-23(25)16-8-11-21(34-3)22(14-16)36(32,33)29-24(31)19-10-9-17-18(27-19)6-4-7-20(17)30-13-5-12-26-30/h4-14H,15H2,1-3H3,(H,29,31). The first-order valence-electron chi connectivity index (χ1n) is 11.1. The number of rotatable bonds is 6. The van der Waals surface area contributed by atoms with E-state index in [0.717, 1.165) is 11.1 Å². The average Bonchev–Trinajstić information content (AvgIpc) is 3.52. The lowest BCUT2D eigenvalue weighted by Crippen LogP contribution is -2.32. The molecular weight excluding hydrogens is 482 g/mol. The van der Waals surface area contributed by atoms with Gasteiger partial charge in [-0.15, -0.1) is 0 Å². The fourth-order valence-electron chi connectivity index (χ4n) is 4.03. The molecule has 0 spiro atoms. The Morgan fingerprint density at radius 3 is 2.67 bits per heavy atom. The summed E-state index contributed by atoms with van der Waals surface area (Å²) >= 11 is 0. The largest absolute Gasteiger partial charge is 0.495 e. The Labute approximate surface area is 207 Å². The number of aromatic nitrogens is 3. The van der Waals surface area contributed by atoms with Crippen LogP contribution in [0.5, 0.6) is 5.75 Å². The number of carbonyl (C=O) groups excluding carboxylic acids is 1. The summed E-state index contributed by atoms with van der Waals surface area (Å²) in [5.41, 5.74) is 2.02. The molecule has 1 aliphatic heterocycles. The predicted octanol–water partition coefficient (Wildman–Crippen LogP) is 3.31. The molecule has 0 aliphatic carbocycles. The molecule has 1 N–H and O–H groups in total. The van der Waals surface area contributed by atoms with Gasteiger partial charge >= 0.3 is 0 Å². The highest BCUT2D eigenvalue weighted by Gasteiger charge is 2.34. The Morgan fingerprint density at radius 2 is 1.97 bits per heavy atom. The molecule has 2 aromatic heterocycles. The first kappa shape index (κ1) is 23.5. The van der Waals surface area contributed by atoms with Crippen LogP contribution in [-0.4, -0.2) is 48.5 Å². The maximum Gasteiger partial charge on any atom is 0.283 e. The van der Waals surface area contributed by atoms with Crippen molar-refractivity contribution < 1.29 is 22.8 Å². The van der Waals surface area contributed by atoms with Crippen molar-refractivity contribution in [1.29, 1.82) is 0 Å². The minimum Gasteiger partial charge on any atom is -0.495 e. The zero-order chi connectivity index (χ0) is 25.5. The van der Waals surface area contributed by atoms with Crippen molar-refractivity contribution in [3.05, 3.63) is 78.2 Å². The van der Waals surface area contributed by atoms with Gasteiger partial charge in [0.05, 0.1) is 24.0 Å². The minimum atomic E-state index is -4.31. The van der Waals surface area contributed by atoms with Crippen LogP contribution in [0.25, 0.3) is 16.6 Å². The Morgan fingerprint density at radius 1 is 1.14 bits per heavy atom. The first-order valence-corrected chi connectivity index (χ1v) is 12.5. The first-order chi connectivity index (χ1) is 17.2. The van der Waals surface area contributed by atoms with E-state index in [1.807, 2.05) is 19.9 Å². The zero-order valence-corrected chi connectivity index (χ0v) is 20.6. The minimum absolute atomic E-state index is 0.0477. The number of amides is 1. The molecule has 4 aromatic rings. The van der Waals surface area contributed by atoms with Crippen molar-refractivity contribution in [2.75, 3.05) is 13.7 Å². The van der Waals surface area contributed by atoms with E-state index in [4.69, 9.17) is 9.57 Å². The quantitative estimate of drug-likeness (QED) is 0.426. The Kier molecular flexibility index (Phi) is 5.71. The second-order valence-corrected chi connectivity index (χ2v) is 10.5. The number of ether oxygens (including phenoxy) is 1. The fraction of sp³-hybridized carbons (Fsp3) is 0.200. The van der Waals surface area contributed by atoms with E-state index in [1.54, 1.807) is 47.4 Å². The molecule has 2 aromatic carbocycles. The van der Waals surface area contributed by atoms with Crippen LogP contribution in [0.15, 0.2) is 77.0 Å². The second-order valence-electron chi connectivity index (χ2n) is 8.89. The van der Waals surface area contributed by atoms with Crippen molar-refractivity contribution in [1.82, 2.24) is 19.5 Å². The molecule has 0 saturated carbocycles. The molecule has 3 heterocycles. The van der Waals surface area contributed by atoms with Crippen molar-refractivity contribution in [3.8, 4) is 11.4 Å². The van der Waals surface area contributed by atoms with E-state index in [2.05, 4.69) is 20.0 Å². The number of sulfonamides is 1. The number of benzene rings is 2. The van der Waals surface area contributed by atoms with E-state index in [1.165, 1.54) is 25.3 Å². The number of nitrogens with one attached hydrogen (secondary N) is 1. The number of hydrogen-bond acceptors (Lipinski definition) is 8. The molecule has 1 amide bonds. The van der Waals surface area contributed by atoms with Gasteiger partial charge < -0.3 is 9.57 Å². The molecule has 1 aliphatic rings. The zero-order valence-electron chi connectivity index (χ0n) is 19.8. The van der Waals surface area contributed by atoms with Gasteiger partial charge in [-0.05, 0) is 48.5 Å². The van der Waals surface area contributed by atoms with E-state index >= 15 is 0 Å². The topological polar surface area (TPSA) is 125 Å². The van der Waals surface area contributed by atoms with E-state index in [0.29, 0.717) is 23.4 Å². The molecule has 0 unspecified atom stereocenters. The van der Waals surface area contributed by atoms with Crippen LogP contribution in [0.4, 0.5) is 0 Å². The number of fused-ring (bicyclic) bond motifs is 1. The van der Waals surface area contributed by atoms with Crippen molar-refractivity contribution >= 4 is 32.5 Å². The van der Waals surface area contributed by atoms with Gasteiger partial charge in [-0.1, -0.05) is 25.1 Å². The number of methoxy groups -OCH3 is 1. The van der Waals surface area contributed by atoms with Crippen molar-refractivity contribution in [2.24, 2.45) is 10.6 Å². The maximum absolute atomic E-state index is 13.3. The van der Waals surface area contributed by atoms with Crippen LogP contribution in [0, 0.1) is 5.41 Å². The highest BCUT2D eigenvalue weighted by molar-refractivity contribution is 7.90. The lowest BCUT2D eigenvalue weighted by atomic mass is 9.85.